The summed E-state index contributed by atoms with van der Waals surface area (Å²) in [5, 5.41) is 0. The summed E-state index contributed by atoms with van der Waals surface area (Å²) in [5.41, 5.74) is 0. The molecule has 0 aliphatic rings. The first-order chi connectivity index (χ1) is 14.3. The summed E-state index contributed by atoms with van der Waals surface area (Å²) in [6, 6.07) is 0.790. The first-order valence-corrected chi connectivity index (χ1v) is 13.9. The molecule has 0 aromatic heterocycles. The lowest BCUT2D eigenvalue weighted by Gasteiger charge is -2.42. The number of hydrogen-bond donors (Lipinski definition) is 0. The van der Waals surface area contributed by atoms with Crippen LogP contribution in [0.5, 0.6) is 0 Å². The van der Waals surface area contributed by atoms with Gasteiger partial charge in [-0.3, -0.25) is 0 Å². The van der Waals surface area contributed by atoms with E-state index in [1.165, 1.54) is 138 Å². The predicted octanol–water partition coefficient (Wildman–Crippen LogP) is 8.20. The molecule has 182 valence electrons. The zero-order chi connectivity index (χ0) is 22.7. The molecule has 0 aliphatic carbocycles. The van der Waals surface area contributed by atoms with Gasteiger partial charge in [-0.1, -0.05) is 97.8 Å². The van der Waals surface area contributed by atoms with Gasteiger partial charge in [-0.05, 0) is 25.7 Å². The van der Waals surface area contributed by atoms with Crippen molar-refractivity contribution in [3.8, 4) is 0 Å². The van der Waals surface area contributed by atoms with E-state index in [1.807, 2.05) is 0 Å². The standard InChI is InChI=1S/C28H62N2/c1-8-11-13-15-17-19-21-23-25-29(4,5)27-28(10-3)30(6,7)26-24-22-20-18-16-14-12-9-2/h28H,8-27H2,1-7H3/q+2. The highest BCUT2D eigenvalue weighted by molar-refractivity contribution is 4.57. The lowest BCUT2D eigenvalue weighted by molar-refractivity contribution is -0.965. The van der Waals surface area contributed by atoms with Gasteiger partial charge in [0.2, 0.25) is 0 Å². The minimum Gasteiger partial charge on any atom is -0.324 e. The minimum absolute atomic E-state index is 0.790. The summed E-state index contributed by atoms with van der Waals surface area (Å²) in [6.45, 7) is 11.1. The van der Waals surface area contributed by atoms with Crippen molar-refractivity contribution in [2.75, 3.05) is 47.8 Å². The Bertz CT molecular complexity index is 362. The van der Waals surface area contributed by atoms with Crippen LogP contribution < -0.4 is 0 Å². The molecule has 0 saturated carbocycles. The maximum Gasteiger partial charge on any atom is 0.138 e. The number of quaternary nitrogens is 2. The topological polar surface area (TPSA) is 0 Å². The SMILES string of the molecule is CCCCCCCCCC[N+](C)(C)CC(CC)[N+](C)(C)CCCCCCCCCC. The summed E-state index contributed by atoms with van der Waals surface area (Å²) >= 11 is 0. The van der Waals surface area contributed by atoms with Crippen molar-refractivity contribution in [2.24, 2.45) is 0 Å². The fourth-order valence-electron chi connectivity index (χ4n) is 5.02. The average molecular weight is 427 g/mol. The zero-order valence-electron chi connectivity index (χ0n) is 22.6. The van der Waals surface area contributed by atoms with Crippen molar-refractivity contribution in [3.05, 3.63) is 0 Å². The van der Waals surface area contributed by atoms with Crippen molar-refractivity contribution >= 4 is 0 Å². The number of nitrogens with zero attached hydrogens (tertiary/aromatic N) is 2. The van der Waals surface area contributed by atoms with Crippen LogP contribution in [-0.2, 0) is 0 Å². The van der Waals surface area contributed by atoms with E-state index >= 15 is 0 Å². The van der Waals surface area contributed by atoms with Crippen molar-refractivity contribution < 1.29 is 8.97 Å². The van der Waals surface area contributed by atoms with Gasteiger partial charge in [-0.15, -0.1) is 0 Å². The summed E-state index contributed by atoms with van der Waals surface area (Å²) in [4.78, 5) is 0. The highest BCUT2D eigenvalue weighted by Gasteiger charge is 2.32. The Morgan fingerprint density at radius 1 is 0.467 bits per heavy atom. The van der Waals surface area contributed by atoms with Crippen LogP contribution in [0.25, 0.3) is 0 Å². The van der Waals surface area contributed by atoms with Crippen LogP contribution in [0.3, 0.4) is 0 Å². The van der Waals surface area contributed by atoms with Crippen molar-refractivity contribution in [2.45, 2.75) is 136 Å². The molecular formula is C28H62N2+2. The molecule has 0 rings (SSSR count). The van der Waals surface area contributed by atoms with Crippen LogP contribution in [0.1, 0.15) is 130 Å². The van der Waals surface area contributed by atoms with Crippen LogP contribution in [0, 0.1) is 0 Å². The third kappa shape index (κ3) is 16.6. The number of unbranched alkanes of at least 4 members (excludes halogenated alkanes) is 14. The fourth-order valence-corrected chi connectivity index (χ4v) is 5.02. The second-order valence-electron chi connectivity index (χ2n) is 11.4. The molecule has 0 heterocycles. The third-order valence-corrected chi connectivity index (χ3v) is 7.37. The maximum atomic E-state index is 2.49. The molecule has 1 unspecified atom stereocenters. The van der Waals surface area contributed by atoms with Gasteiger partial charge in [0.05, 0.1) is 41.3 Å². The summed E-state index contributed by atoms with van der Waals surface area (Å²) in [7, 11) is 9.93. The summed E-state index contributed by atoms with van der Waals surface area (Å²) in [6.07, 6.45) is 24.1. The van der Waals surface area contributed by atoms with E-state index in [-0.39, 0.29) is 0 Å². The Kier molecular flexibility index (Phi) is 18.4. The van der Waals surface area contributed by atoms with E-state index < -0.39 is 0 Å². The van der Waals surface area contributed by atoms with E-state index in [4.69, 9.17) is 0 Å². The van der Waals surface area contributed by atoms with Crippen LogP contribution in [0.4, 0.5) is 0 Å². The summed E-state index contributed by atoms with van der Waals surface area (Å²) in [5.74, 6) is 0. The zero-order valence-corrected chi connectivity index (χ0v) is 22.6. The molecule has 0 spiro atoms. The van der Waals surface area contributed by atoms with Gasteiger partial charge in [0.25, 0.3) is 0 Å². The molecule has 0 radical (unpaired) electrons. The van der Waals surface area contributed by atoms with Gasteiger partial charge in [0.15, 0.2) is 0 Å². The van der Waals surface area contributed by atoms with E-state index in [1.54, 1.807) is 0 Å². The van der Waals surface area contributed by atoms with Crippen molar-refractivity contribution in [1.29, 1.82) is 0 Å². The fraction of sp³-hybridized carbons (Fsp3) is 1.00. The molecular weight excluding hydrogens is 364 g/mol. The summed E-state index contributed by atoms with van der Waals surface area (Å²) < 4.78 is 2.42. The van der Waals surface area contributed by atoms with Crippen molar-refractivity contribution in [3.63, 3.8) is 0 Å². The molecule has 0 fully saturated rings. The van der Waals surface area contributed by atoms with Gasteiger partial charge in [-0.2, -0.15) is 0 Å². The second kappa shape index (κ2) is 18.5. The van der Waals surface area contributed by atoms with E-state index in [0.717, 1.165) is 6.04 Å². The Morgan fingerprint density at radius 2 is 0.833 bits per heavy atom. The highest BCUT2D eigenvalue weighted by Crippen LogP contribution is 2.19. The van der Waals surface area contributed by atoms with E-state index in [0.29, 0.717) is 0 Å². The molecule has 30 heavy (non-hydrogen) atoms. The van der Waals surface area contributed by atoms with Crippen LogP contribution in [0.2, 0.25) is 0 Å². The van der Waals surface area contributed by atoms with Gasteiger partial charge < -0.3 is 8.97 Å². The number of likely N-dealkylation sites (N-methyl/N-ethyl adjacent to an activating group) is 2. The average Bonchev–Trinajstić information content (AvgIpc) is 2.70. The van der Waals surface area contributed by atoms with Gasteiger partial charge in [0.1, 0.15) is 12.6 Å². The Labute approximate surface area is 193 Å². The van der Waals surface area contributed by atoms with Crippen LogP contribution in [-0.4, -0.2) is 62.8 Å². The quantitative estimate of drug-likeness (QED) is 0.121. The largest absolute Gasteiger partial charge is 0.324 e. The number of rotatable bonds is 22. The first-order valence-electron chi connectivity index (χ1n) is 13.9. The molecule has 0 aliphatic heterocycles. The van der Waals surface area contributed by atoms with Crippen molar-refractivity contribution in [1.82, 2.24) is 0 Å². The Balaban J connectivity index is 4.07. The van der Waals surface area contributed by atoms with E-state index in [9.17, 15) is 0 Å². The maximum absolute atomic E-state index is 2.49. The lowest BCUT2D eigenvalue weighted by atomic mass is 10.1. The second-order valence-corrected chi connectivity index (χ2v) is 11.4. The normalized spacial score (nSPS) is 13.7. The molecule has 0 aromatic carbocycles. The first kappa shape index (κ1) is 29.9. The Morgan fingerprint density at radius 3 is 1.23 bits per heavy atom. The Hall–Kier alpha value is -0.0800. The molecule has 1 atom stereocenters. The van der Waals surface area contributed by atoms with Gasteiger partial charge in [-0.25, -0.2) is 0 Å². The predicted molar refractivity (Wildman–Crippen MR) is 138 cm³/mol. The molecule has 2 nitrogen and oxygen atoms in total. The smallest absolute Gasteiger partial charge is 0.138 e. The minimum atomic E-state index is 0.790. The molecule has 0 aromatic rings. The molecule has 0 bridgehead atoms. The molecule has 0 amide bonds. The highest BCUT2D eigenvalue weighted by atomic mass is 15.4. The van der Waals surface area contributed by atoms with Crippen LogP contribution in [0.15, 0.2) is 0 Å². The molecule has 2 heteroatoms. The van der Waals surface area contributed by atoms with Gasteiger partial charge >= 0.3 is 0 Å². The van der Waals surface area contributed by atoms with Gasteiger partial charge in [0, 0.05) is 6.42 Å². The molecule has 0 N–H and O–H groups in total. The number of hydrogen-bond acceptors (Lipinski definition) is 0. The third-order valence-electron chi connectivity index (χ3n) is 7.37. The lowest BCUT2D eigenvalue weighted by Crippen LogP contribution is -2.58. The molecule has 0 saturated heterocycles. The van der Waals surface area contributed by atoms with E-state index in [2.05, 4.69) is 49.0 Å². The monoisotopic (exact) mass is 426 g/mol. The van der Waals surface area contributed by atoms with Crippen LogP contribution >= 0.6 is 0 Å².